The average Bonchev–Trinajstić information content (AvgIpc) is 3.25. The average molecular weight is 460 g/mol. The SMILES string of the molecule is Cc1noc(C)c1S(=O)(=O)NCc1ccc(-n2ccnc2C)cc1.O=C(O)C(F)(F)F. The Morgan fingerprint density at radius 2 is 1.77 bits per heavy atom. The van der Waals surface area contributed by atoms with E-state index in [2.05, 4.69) is 14.9 Å². The van der Waals surface area contributed by atoms with E-state index < -0.39 is 22.2 Å². The van der Waals surface area contributed by atoms with Crippen LogP contribution in [0.5, 0.6) is 0 Å². The second-order valence-electron chi connectivity index (χ2n) is 6.29. The van der Waals surface area contributed by atoms with Crippen molar-refractivity contribution in [2.24, 2.45) is 0 Å². The second kappa shape index (κ2) is 9.31. The summed E-state index contributed by atoms with van der Waals surface area (Å²) in [7, 11) is -3.66. The molecule has 0 radical (unpaired) electrons. The normalized spacial score (nSPS) is 11.7. The Kier molecular flexibility index (Phi) is 7.23. The fourth-order valence-corrected chi connectivity index (χ4v) is 3.88. The molecule has 3 rings (SSSR count). The number of carbonyl (C=O) groups is 1. The molecule has 3 aromatic rings. The zero-order chi connectivity index (χ0) is 23.4. The molecule has 0 spiro atoms. The van der Waals surface area contributed by atoms with Crippen LogP contribution < -0.4 is 4.72 Å². The van der Waals surface area contributed by atoms with E-state index in [0.29, 0.717) is 5.69 Å². The highest BCUT2D eigenvalue weighted by atomic mass is 32.2. The standard InChI is InChI=1S/C16H18N4O3S.C2HF3O2/c1-11-16(12(2)23-19-11)24(21,22)18-10-14-4-6-15(7-5-14)20-9-8-17-13(20)3;3-2(4,5)1(6)7/h4-9,18H,10H2,1-3H3;(H,6,7). The Balaban J connectivity index is 0.000000423. The first-order chi connectivity index (χ1) is 14.3. The second-order valence-corrected chi connectivity index (χ2v) is 8.00. The monoisotopic (exact) mass is 460 g/mol. The molecule has 2 heterocycles. The van der Waals surface area contributed by atoms with Gasteiger partial charge in [0.1, 0.15) is 16.4 Å². The van der Waals surface area contributed by atoms with Gasteiger partial charge in [-0.05, 0) is 38.5 Å². The van der Waals surface area contributed by atoms with Crippen LogP contribution in [0.3, 0.4) is 0 Å². The fourth-order valence-electron chi connectivity index (χ4n) is 2.53. The Labute approximate surface area is 175 Å². The molecular formula is C18H19F3N4O5S. The molecule has 0 saturated carbocycles. The van der Waals surface area contributed by atoms with Gasteiger partial charge in [0.25, 0.3) is 0 Å². The lowest BCUT2D eigenvalue weighted by Crippen LogP contribution is -2.24. The molecule has 0 unspecified atom stereocenters. The van der Waals surface area contributed by atoms with Crippen molar-refractivity contribution in [1.29, 1.82) is 0 Å². The summed E-state index contributed by atoms with van der Waals surface area (Å²) in [6.45, 7) is 5.30. The van der Waals surface area contributed by atoms with Gasteiger partial charge < -0.3 is 14.2 Å². The van der Waals surface area contributed by atoms with Crippen molar-refractivity contribution in [3.63, 3.8) is 0 Å². The maximum Gasteiger partial charge on any atom is 0.490 e. The molecule has 0 bridgehead atoms. The van der Waals surface area contributed by atoms with Crippen LogP contribution in [-0.4, -0.2) is 40.4 Å². The topological polar surface area (TPSA) is 127 Å². The van der Waals surface area contributed by atoms with Gasteiger partial charge in [-0.25, -0.2) is 22.9 Å². The van der Waals surface area contributed by atoms with E-state index in [1.54, 1.807) is 20.0 Å². The Morgan fingerprint density at radius 3 is 2.19 bits per heavy atom. The molecule has 31 heavy (non-hydrogen) atoms. The minimum Gasteiger partial charge on any atom is -0.475 e. The number of imidazole rings is 1. The van der Waals surface area contributed by atoms with Gasteiger partial charge >= 0.3 is 12.1 Å². The number of carboxylic acid groups (broad SMARTS) is 1. The van der Waals surface area contributed by atoms with Crippen LogP contribution in [0.1, 0.15) is 22.8 Å². The number of sulfonamides is 1. The number of hydrogen-bond acceptors (Lipinski definition) is 6. The van der Waals surface area contributed by atoms with Crippen LogP contribution in [0.15, 0.2) is 46.1 Å². The highest BCUT2D eigenvalue weighted by Crippen LogP contribution is 2.19. The first kappa shape index (κ1) is 24.1. The predicted molar refractivity (Wildman–Crippen MR) is 102 cm³/mol. The van der Waals surface area contributed by atoms with E-state index in [9.17, 15) is 21.6 Å². The highest BCUT2D eigenvalue weighted by Gasteiger charge is 2.38. The summed E-state index contributed by atoms with van der Waals surface area (Å²) < 4.78 is 66.0. The molecule has 0 aliphatic rings. The zero-order valence-electron chi connectivity index (χ0n) is 16.6. The maximum absolute atomic E-state index is 12.4. The summed E-state index contributed by atoms with van der Waals surface area (Å²) in [6, 6.07) is 7.61. The molecule has 168 valence electrons. The van der Waals surface area contributed by atoms with Gasteiger partial charge in [-0.1, -0.05) is 17.3 Å². The summed E-state index contributed by atoms with van der Waals surface area (Å²) in [6.07, 6.45) is -1.47. The molecule has 2 N–H and O–H groups in total. The van der Waals surface area contributed by atoms with E-state index in [1.165, 1.54) is 0 Å². The van der Waals surface area contributed by atoms with Crippen molar-refractivity contribution in [2.45, 2.75) is 38.4 Å². The van der Waals surface area contributed by atoms with Gasteiger partial charge in [-0.15, -0.1) is 0 Å². The lowest BCUT2D eigenvalue weighted by atomic mass is 10.2. The molecule has 0 atom stereocenters. The summed E-state index contributed by atoms with van der Waals surface area (Å²) in [4.78, 5) is 13.2. The molecule has 0 aliphatic heterocycles. The Hall–Kier alpha value is -3.19. The van der Waals surface area contributed by atoms with Crippen molar-refractivity contribution in [3.8, 4) is 5.69 Å². The molecule has 2 aromatic heterocycles. The van der Waals surface area contributed by atoms with Gasteiger partial charge in [0.2, 0.25) is 10.0 Å². The third kappa shape index (κ3) is 6.15. The largest absolute Gasteiger partial charge is 0.490 e. The van der Waals surface area contributed by atoms with E-state index in [-0.39, 0.29) is 17.2 Å². The van der Waals surface area contributed by atoms with E-state index in [0.717, 1.165) is 17.1 Å². The molecule has 13 heteroatoms. The molecule has 1 aromatic carbocycles. The zero-order valence-corrected chi connectivity index (χ0v) is 17.5. The van der Waals surface area contributed by atoms with Crippen molar-refractivity contribution in [2.75, 3.05) is 0 Å². The van der Waals surface area contributed by atoms with E-state index in [4.69, 9.17) is 14.4 Å². The highest BCUT2D eigenvalue weighted by molar-refractivity contribution is 7.89. The van der Waals surface area contributed by atoms with Gasteiger partial charge in [0.15, 0.2) is 5.76 Å². The van der Waals surface area contributed by atoms with E-state index >= 15 is 0 Å². The van der Waals surface area contributed by atoms with Gasteiger partial charge in [-0.2, -0.15) is 13.2 Å². The minimum atomic E-state index is -5.08. The molecule has 0 fully saturated rings. The van der Waals surface area contributed by atoms with Crippen molar-refractivity contribution < 1.29 is 36.0 Å². The quantitative estimate of drug-likeness (QED) is 0.599. The number of carboxylic acids is 1. The number of alkyl halides is 3. The van der Waals surface area contributed by atoms with Crippen LogP contribution >= 0.6 is 0 Å². The lowest BCUT2D eigenvalue weighted by Gasteiger charge is -2.08. The Bertz CT molecular complexity index is 1130. The lowest BCUT2D eigenvalue weighted by molar-refractivity contribution is -0.192. The first-order valence-electron chi connectivity index (χ1n) is 8.65. The van der Waals surface area contributed by atoms with E-state index in [1.807, 2.05) is 42.0 Å². The van der Waals surface area contributed by atoms with Crippen molar-refractivity contribution >= 4 is 16.0 Å². The maximum atomic E-state index is 12.4. The number of nitrogens with one attached hydrogen (secondary N) is 1. The number of hydrogen-bond donors (Lipinski definition) is 2. The predicted octanol–water partition coefficient (Wildman–Crippen LogP) is 2.90. The number of nitrogens with zero attached hydrogens (tertiary/aromatic N) is 3. The summed E-state index contributed by atoms with van der Waals surface area (Å²) >= 11 is 0. The van der Waals surface area contributed by atoms with Gasteiger partial charge in [-0.3, -0.25) is 0 Å². The van der Waals surface area contributed by atoms with Crippen molar-refractivity contribution in [3.05, 3.63) is 59.5 Å². The third-order valence-electron chi connectivity index (χ3n) is 3.99. The number of rotatable bonds is 5. The molecular weight excluding hydrogens is 441 g/mol. The number of aryl methyl sites for hydroxylation is 3. The number of aromatic nitrogens is 3. The minimum absolute atomic E-state index is 0.105. The Morgan fingerprint density at radius 1 is 1.19 bits per heavy atom. The third-order valence-corrected chi connectivity index (χ3v) is 5.63. The smallest absolute Gasteiger partial charge is 0.475 e. The number of benzene rings is 1. The summed E-state index contributed by atoms with van der Waals surface area (Å²) in [5.74, 6) is -1.58. The molecule has 0 aliphatic carbocycles. The van der Waals surface area contributed by atoms with Crippen LogP contribution in [-0.2, 0) is 21.4 Å². The molecule has 0 amide bonds. The van der Waals surface area contributed by atoms with Crippen LogP contribution in [0.25, 0.3) is 5.69 Å². The van der Waals surface area contributed by atoms with Crippen LogP contribution in [0, 0.1) is 20.8 Å². The first-order valence-corrected chi connectivity index (χ1v) is 10.1. The molecule has 0 saturated heterocycles. The summed E-state index contributed by atoms with van der Waals surface area (Å²) in [5.41, 5.74) is 2.18. The molecule has 9 nitrogen and oxygen atoms in total. The van der Waals surface area contributed by atoms with Crippen LogP contribution in [0.2, 0.25) is 0 Å². The van der Waals surface area contributed by atoms with Gasteiger partial charge in [0.05, 0.1) is 0 Å². The van der Waals surface area contributed by atoms with Crippen molar-refractivity contribution in [1.82, 2.24) is 19.4 Å². The number of aliphatic carboxylic acids is 1. The fraction of sp³-hybridized carbons (Fsp3) is 0.278. The van der Waals surface area contributed by atoms with Gasteiger partial charge in [0, 0.05) is 24.6 Å². The number of halogens is 3. The van der Waals surface area contributed by atoms with Crippen LogP contribution in [0.4, 0.5) is 13.2 Å². The summed E-state index contributed by atoms with van der Waals surface area (Å²) in [5, 5.41) is 10.8.